The minimum absolute atomic E-state index is 0.133. The molecule has 1 heterocycles. The number of nitrogens with zero attached hydrogens (tertiary/aromatic N) is 2. The van der Waals surface area contributed by atoms with Gasteiger partial charge in [0.15, 0.2) is 0 Å². The summed E-state index contributed by atoms with van der Waals surface area (Å²) < 4.78 is 0. The number of pyridine rings is 1. The zero-order valence-electron chi connectivity index (χ0n) is 13.7. The molecule has 1 aromatic heterocycles. The quantitative estimate of drug-likeness (QED) is 0.824. The van der Waals surface area contributed by atoms with Crippen molar-refractivity contribution in [2.75, 3.05) is 32.1 Å². The number of urea groups is 1. The number of anilines is 1. The van der Waals surface area contributed by atoms with E-state index < -0.39 is 0 Å². The summed E-state index contributed by atoms with van der Waals surface area (Å²) >= 11 is 0. The normalized spacial score (nSPS) is 10.2. The van der Waals surface area contributed by atoms with Crippen LogP contribution in [0.3, 0.4) is 0 Å². The number of nitrogens with one attached hydrogen (secondary N) is 2. The minimum atomic E-state index is -0.133. The largest absolute Gasteiger partial charge is 0.378 e. The zero-order chi connectivity index (χ0) is 16.5. The van der Waals surface area contributed by atoms with Gasteiger partial charge < -0.3 is 15.5 Å². The van der Waals surface area contributed by atoms with E-state index in [1.165, 1.54) is 11.3 Å². The molecule has 5 nitrogen and oxygen atoms in total. The van der Waals surface area contributed by atoms with E-state index in [1.54, 1.807) is 6.20 Å². The molecule has 1 aromatic carbocycles. The summed E-state index contributed by atoms with van der Waals surface area (Å²) in [5, 5.41) is 5.72. The molecule has 122 valence electrons. The number of aromatic nitrogens is 1. The lowest BCUT2D eigenvalue weighted by Crippen LogP contribution is -2.37. The van der Waals surface area contributed by atoms with Crippen LogP contribution in [-0.4, -0.2) is 38.2 Å². The first-order chi connectivity index (χ1) is 11.1. The van der Waals surface area contributed by atoms with Gasteiger partial charge >= 0.3 is 6.03 Å². The lowest BCUT2D eigenvalue weighted by molar-refractivity contribution is 0.241. The van der Waals surface area contributed by atoms with E-state index in [-0.39, 0.29) is 6.03 Å². The summed E-state index contributed by atoms with van der Waals surface area (Å²) in [5.74, 6) is 0. The molecular formula is C18H24N4O. The Hall–Kier alpha value is -2.56. The van der Waals surface area contributed by atoms with Gasteiger partial charge in [-0.2, -0.15) is 0 Å². The Morgan fingerprint density at radius 2 is 1.70 bits per heavy atom. The molecule has 0 saturated carbocycles. The lowest BCUT2D eigenvalue weighted by Gasteiger charge is -2.13. The first kappa shape index (κ1) is 16.8. The summed E-state index contributed by atoms with van der Waals surface area (Å²) in [5.41, 5.74) is 3.37. The Morgan fingerprint density at radius 3 is 2.30 bits per heavy atom. The maximum atomic E-state index is 11.7. The highest BCUT2D eigenvalue weighted by Crippen LogP contribution is 2.12. The van der Waals surface area contributed by atoms with Gasteiger partial charge in [0.2, 0.25) is 0 Å². The highest BCUT2D eigenvalue weighted by atomic mass is 16.2. The minimum Gasteiger partial charge on any atom is -0.378 e. The van der Waals surface area contributed by atoms with Crippen LogP contribution in [0.1, 0.15) is 11.3 Å². The first-order valence-corrected chi connectivity index (χ1v) is 7.83. The maximum Gasteiger partial charge on any atom is 0.314 e. The summed E-state index contributed by atoms with van der Waals surface area (Å²) in [4.78, 5) is 18.0. The summed E-state index contributed by atoms with van der Waals surface area (Å²) in [6.07, 6.45) is 3.32. The van der Waals surface area contributed by atoms with Crippen LogP contribution in [0.2, 0.25) is 0 Å². The van der Waals surface area contributed by atoms with Crippen LogP contribution < -0.4 is 15.5 Å². The molecule has 0 bridgehead atoms. The van der Waals surface area contributed by atoms with Crippen molar-refractivity contribution >= 4 is 11.7 Å². The number of hydrogen-bond acceptors (Lipinski definition) is 3. The van der Waals surface area contributed by atoms with E-state index in [2.05, 4.69) is 44.8 Å². The molecule has 0 aliphatic carbocycles. The molecule has 0 saturated heterocycles. The van der Waals surface area contributed by atoms with E-state index in [1.807, 2.05) is 32.3 Å². The van der Waals surface area contributed by atoms with Crippen molar-refractivity contribution in [2.45, 2.75) is 12.8 Å². The monoisotopic (exact) mass is 312 g/mol. The zero-order valence-corrected chi connectivity index (χ0v) is 13.7. The molecular weight excluding hydrogens is 288 g/mol. The van der Waals surface area contributed by atoms with E-state index in [0.717, 1.165) is 18.5 Å². The average molecular weight is 312 g/mol. The van der Waals surface area contributed by atoms with Crippen LogP contribution in [0, 0.1) is 0 Å². The van der Waals surface area contributed by atoms with E-state index in [9.17, 15) is 4.79 Å². The predicted molar refractivity (Wildman–Crippen MR) is 93.8 cm³/mol. The smallest absolute Gasteiger partial charge is 0.314 e. The van der Waals surface area contributed by atoms with Crippen molar-refractivity contribution in [1.29, 1.82) is 0 Å². The Labute approximate surface area is 137 Å². The van der Waals surface area contributed by atoms with E-state index in [4.69, 9.17) is 0 Å². The molecule has 23 heavy (non-hydrogen) atoms. The Bertz CT molecular complexity index is 596. The predicted octanol–water partition coefficient (Wildman–Crippen LogP) is 2.23. The fourth-order valence-corrected chi connectivity index (χ4v) is 2.19. The molecule has 0 radical (unpaired) electrons. The first-order valence-electron chi connectivity index (χ1n) is 7.83. The number of hydrogen-bond donors (Lipinski definition) is 2. The van der Waals surface area contributed by atoms with E-state index in [0.29, 0.717) is 13.1 Å². The number of carbonyl (C=O) groups excluding carboxylic acids is 1. The molecule has 0 fully saturated rings. The molecule has 0 spiro atoms. The van der Waals surface area contributed by atoms with Crippen LogP contribution >= 0.6 is 0 Å². The van der Waals surface area contributed by atoms with Crippen LogP contribution in [-0.2, 0) is 12.8 Å². The standard InChI is InChI=1S/C18H24N4O/c1-22(2)17-8-6-15(7-9-17)10-13-20-18(23)21-14-11-16-5-3-4-12-19-16/h3-9,12H,10-11,13-14H2,1-2H3,(H2,20,21,23). The summed E-state index contributed by atoms with van der Waals surface area (Å²) in [6.45, 7) is 1.21. The van der Waals surface area contributed by atoms with Gasteiger partial charge in [0, 0.05) is 51.2 Å². The van der Waals surface area contributed by atoms with Gasteiger partial charge in [-0.25, -0.2) is 4.79 Å². The van der Waals surface area contributed by atoms with Gasteiger partial charge in [0.05, 0.1) is 0 Å². The van der Waals surface area contributed by atoms with Crippen molar-refractivity contribution < 1.29 is 4.79 Å². The molecule has 2 rings (SSSR count). The van der Waals surface area contributed by atoms with Gasteiger partial charge in [-0.15, -0.1) is 0 Å². The number of amides is 2. The highest BCUT2D eigenvalue weighted by Gasteiger charge is 2.01. The van der Waals surface area contributed by atoms with Gasteiger partial charge in [-0.1, -0.05) is 18.2 Å². The van der Waals surface area contributed by atoms with Crippen LogP contribution in [0.25, 0.3) is 0 Å². The van der Waals surface area contributed by atoms with Gasteiger partial charge in [0.25, 0.3) is 0 Å². The van der Waals surface area contributed by atoms with Crippen molar-refractivity contribution in [3.63, 3.8) is 0 Å². The number of rotatable bonds is 7. The van der Waals surface area contributed by atoms with Crippen LogP contribution in [0.5, 0.6) is 0 Å². The maximum absolute atomic E-state index is 11.7. The Balaban J connectivity index is 1.62. The third kappa shape index (κ3) is 5.98. The molecule has 2 amide bonds. The average Bonchev–Trinajstić information content (AvgIpc) is 2.56. The third-order valence-electron chi connectivity index (χ3n) is 3.54. The third-order valence-corrected chi connectivity index (χ3v) is 3.54. The van der Waals surface area contributed by atoms with Crippen LogP contribution in [0.4, 0.5) is 10.5 Å². The Kier molecular flexibility index (Phi) is 6.41. The molecule has 0 aliphatic heterocycles. The number of carbonyl (C=O) groups is 1. The van der Waals surface area contributed by atoms with E-state index >= 15 is 0 Å². The highest BCUT2D eigenvalue weighted by molar-refractivity contribution is 5.73. The van der Waals surface area contributed by atoms with Crippen molar-refractivity contribution in [1.82, 2.24) is 15.6 Å². The molecule has 5 heteroatoms. The van der Waals surface area contributed by atoms with Gasteiger partial charge in [0.1, 0.15) is 0 Å². The van der Waals surface area contributed by atoms with Crippen LogP contribution in [0.15, 0.2) is 48.7 Å². The second-order valence-corrected chi connectivity index (χ2v) is 5.56. The second-order valence-electron chi connectivity index (χ2n) is 5.56. The molecule has 2 N–H and O–H groups in total. The SMILES string of the molecule is CN(C)c1ccc(CCNC(=O)NCCc2ccccn2)cc1. The fourth-order valence-electron chi connectivity index (χ4n) is 2.19. The molecule has 0 atom stereocenters. The molecule has 0 aliphatic rings. The Morgan fingerprint density at radius 1 is 1.00 bits per heavy atom. The van der Waals surface area contributed by atoms with Crippen molar-refractivity contribution in [3.8, 4) is 0 Å². The molecule has 0 unspecified atom stereocenters. The lowest BCUT2D eigenvalue weighted by atomic mass is 10.1. The second kappa shape index (κ2) is 8.78. The fraction of sp³-hybridized carbons (Fsp3) is 0.333. The van der Waals surface area contributed by atoms with Gasteiger partial charge in [-0.3, -0.25) is 4.98 Å². The number of benzene rings is 1. The molecule has 2 aromatic rings. The van der Waals surface area contributed by atoms with Crippen molar-refractivity contribution in [2.24, 2.45) is 0 Å². The summed E-state index contributed by atoms with van der Waals surface area (Å²) in [7, 11) is 4.04. The topological polar surface area (TPSA) is 57.3 Å². The van der Waals surface area contributed by atoms with Gasteiger partial charge in [-0.05, 0) is 36.2 Å². The summed E-state index contributed by atoms with van der Waals surface area (Å²) in [6, 6.07) is 14.0. The van der Waals surface area contributed by atoms with Crippen molar-refractivity contribution in [3.05, 3.63) is 59.9 Å².